The van der Waals surface area contributed by atoms with Crippen molar-refractivity contribution >= 4 is 17.7 Å². The van der Waals surface area contributed by atoms with Crippen LogP contribution in [0.25, 0.3) is 11.3 Å². The molecule has 1 atom stereocenters. The normalized spacial score (nSPS) is 16.1. The molecular weight excluding hydrogens is 366 g/mol. The number of aryl methyl sites for hydroxylation is 2. The first-order valence-corrected chi connectivity index (χ1v) is 9.70. The van der Waals surface area contributed by atoms with Gasteiger partial charge in [0.15, 0.2) is 0 Å². The second-order valence-corrected chi connectivity index (χ2v) is 7.42. The Labute approximate surface area is 170 Å². The second-order valence-electron chi connectivity index (χ2n) is 7.42. The molecule has 150 valence electrons. The summed E-state index contributed by atoms with van der Waals surface area (Å²) in [5.41, 5.74) is 4.87. The Morgan fingerprint density at radius 2 is 2.10 bits per heavy atom. The van der Waals surface area contributed by atoms with Crippen LogP contribution in [0.2, 0.25) is 0 Å². The fourth-order valence-electron chi connectivity index (χ4n) is 3.51. The lowest BCUT2D eigenvalue weighted by atomic mass is 10.1. The van der Waals surface area contributed by atoms with E-state index in [0.717, 1.165) is 41.0 Å². The van der Waals surface area contributed by atoms with E-state index >= 15 is 0 Å². The lowest BCUT2D eigenvalue weighted by molar-refractivity contribution is 0.249. The third-order valence-electron chi connectivity index (χ3n) is 5.30. The molecule has 2 N–H and O–H groups in total. The van der Waals surface area contributed by atoms with Crippen molar-refractivity contribution < 1.29 is 4.79 Å². The van der Waals surface area contributed by atoms with Crippen molar-refractivity contribution in [3.8, 4) is 11.3 Å². The zero-order chi connectivity index (χ0) is 20.4. The number of carbonyl (C=O) groups is 1. The van der Waals surface area contributed by atoms with Gasteiger partial charge in [0.25, 0.3) is 0 Å². The molecule has 1 fully saturated rings. The van der Waals surface area contributed by atoms with Crippen LogP contribution in [-0.4, -0.2) is 44.9 Å². The van der Waals surface area contributed by atoms with E-state index in [1.165, 1.54) is 0 Å². The van der Waals surface area contributed by atoms with Crippen molar-refractivity contribution in [3.63, 3.8) is 0 Å². The number of rotatable bonds is 4. The number of aromatic nitrogens is 4. The summed E-state index contributed by atoms with van der Waals surface area (Å²) in [5.74, 6) is 0.672. The number of nitrogens with zero attached hydrogens (tertiary/aromatic N) is 5. The summed E-state index contributed by atoms with van der Waals surface area (Å²) in [5, 5.41) is 10.2. The SMILES string of the molecule is Cc1cccc(NC(=O)NC2CCN(c3nccc(-c4cnn(C)c4)n3)C2)c1C. The van der Waals surface area contributed by atoms with Crippen LogP contribution in [0, 0.1) is 13.8 Å². The summed E-state index contributed by atoms with van der Waals surface area (Å²) in [6.45, 7) is 5.52. The number of carbonyl (C=O) groups excluding carboxylic acids is 1. The fraction of sp³-hybridized carbons (Fsp3) is 0.333. The zero-order valence-electron chi connectivity index (χ0n) is 16.9. The zero-order valence-corrected chi connectivity index (χ0v) is 16.9. The molecule has 1 unspecified atom stereocenters. The van der Waals surface area contributed by atoms with E-state index in [9.17, 15) is 4.79 Å². The van der Waals surface area contributed by atoms with Crippen LogP contribution in [-0.2, 0) is 7.05 Å². The first-order valence-electron chi connectivity index (χ1n) is 9.70. The predicted octanol–water partition coefficient (Wildman–Crippen LogP) is 2.89. The van der Waals surface area contributed by atoms with E-state index < -0.39 is 0 Å². The maximum Gasteiger partial charge on any atom is 0.319 e. The van der Waals surface area contributed by atoms with Crippen LogP contribution in [0.15, 0.2) is 42.9 Å². The van der Waals surface area contributed by atoms with Gasteiger partial charge in [-0.25, -0.2) is 14.8 Å². The van der Waals surface area contributed by atoms with Crippen LogP contribution < -0.4 is 15.5 Å². The van der Waals surface area contributed by atoms with E-state index in [-0.39, 0.29) is 12.1 Å². The highest BCUT2D eigenvalue weighted by molar-refractivity contribution is 5.90. The first-order chi connectivity index (χ1) is 14.0. The molecule has 1 saturated heterocycles. The Bertz CT molecular complexity index is 1030. The Morgan fingerprint density at radius 1 is 1.24 bits per heavy atom. The standard InChI is InChI=1S/C21H25N7O/c1-14-5-4-6-18(15(14)2)26-21(29)24-17-8-10-28(13-17)20-22-9-7-19(25-20)16-11-23-27(3)12-16/h4-7,9,11-12,17H,8,10,13H2,1-3H3,(H2,24,26,29). The average Bonchev–Trinajstić information content (AvgIpc) is 3.35. The molecule has 2 amide bonds. The number of hydrogen-bond donors (Lipinski definition) is 2. The second kappa shape index (κ2) is 7.90. The number of urea groups is 1. The van der Waals surface area contributed by atoms with E-state index in [4.69, 9.17) is 0 Å². The molecule has 0 aliphatic carbocycles. The number of hydrogen-bond acceptors (Lipinski definition) is 5. The van der Waals surface area contributed by atoms with Crippen molar-refractivity contribution in [3.05, 3.63) is 54.0 Å². The molecule has 0 saturated carbocycles. The van der Waals surface area contributed by atoms with Crippen molar-refractivity contribution in [2.24, 2.45) is 7.05 Å². The summed E-state index contributed by atoms with van der Waals surface area (Å²) < 4.78 is 1.75. The molecule has 2 aromatic heterocycles. The molecule has 0 spiro atoms. The van der Waals surface area contributed by atoms with Gasteiger partial charge in [0.05, 0.1) is 11.9 Å². The van der Waals surface area contributed by atoms with Crippen LogP contribution >= 0.6 is 0 Å². The van der Waals surface area contributed by atoms with Crippen molar-refractivity contribution in [1.29, 1.82) is 0 Å². The highest BCUT2D eigenvalue weighted by atomic mass is 16.2. The maximum atomic E-state index is 12.4. The molecule has 3 heterocycles. The summed E-state index contributed by atoms with van der Waals surface area (Å²) in [4.78, 5) is 23.6. The Morgan fingerprint density at radius 3 is 2.90 bits per heavy atom. The summed E-state index contributed by atoms with van der Waals surface area (Å²) in [6.07, 6.45) is 6.33. The van der Waals surface area contributed by atoms with Gasteiger partial charge in [-0.3, -0.25) is 4.68 Å². The minimum absolute atomic E-state index is 0.0470. The van der Waals surface area contributed by atoms with E-state index in [1.807, 2.05) is 51.4 Å². The topological polar surface area (TPSA) is 88.0 Å². The van der Waals surface area contributed by atoms with Crippen LogP contribution in [0.3, 0.4) is 0 Å². The largest absolute Gasteiger partial charge is 0.339 e. The van der Waals surface area contributed by atoms with Gasteiger partial charge in [0.2, 0.25) is 5.95 Å². The third-order valence-corrected chi connectivity index (χ3v) is 5.30. The van der Waals surface area contributed by atoms with Gasteiger partial charge in [0.1, 0.15) is 0 Å². The summed E-state index contributed by atoms with van der Waals surface area (Å²) in [6, 6.07) is 7.64. The van der Waals surface area contributed by atoms with Gasteiger partial charge >= 0.3 is 6.03 Å². The van der Waals surface area contributed by atoms with Crippen LogP contribution in [0.4, 0.5) is 16.4 Å². The van der Waals surface area contributed by atoms with Gasteiger partial charge in [-0.05, 0) is 43.5 Å². The molecule has 8 nitrogen and oxygen atoms in total. The minimum Gasteiger partial charge on any atom is -0.339 e. The Balaban J connectivity index is 1.38. The molecule has 4 rings (SSSR count). The molecule has 1 aromatic carbocycles. The minimum atomic E-state index is -0.185. The summed E-state index contributed by atoms with van der Waals surface area (Å²) in [7, 11) is 1.88. The third kappa shape index (κ3) is 4.21. The first kappa shape index (κ1) is 18.9. The molecule has 3 aromatic rings. The number of amides is 2. The van der Waals surface area contributed by atoms with E-state index in [0.29, 0.717) is 12.5 Å². The highest BCUT2D eigenvalue weighted by Gasteiger charge is 2.26. The van der Waals surface area contributed by atoms with Crippen molar-refractivity contribution in [2.75, 3.05) is 23.3 Å². The molecular formula is C21H25N7O. The molecule has 1 aliphatic rings. The average molecular weight is 391 g/mol. The highest BCUT2D eigenvalue weighted by Crippen LogP contribution is 2.21. The Hall–Kier alpha value is -3.42. The van der Waals surface area contributed by atoms with Gasteiger partial charge in [-0.15, -0.1) is 0 Å². The van der Waals surface area contributed by atoms with Crippen LogP contribution in [0.5, 0.6) is 0 Å². The van der Waals surface area contributed by atoms with Gasteiger partial charge in [0, 0.05) is 49.8 Å². The van der Waals surface area contributed by atoms with Crippen molar-refractivity contribution in [2.45, 2.75) is 26.3 Å². The number of benzene rings is 1. The number of nitrogens with one attached hydrogen (secondary N) is 2. The monoisotopic (exact) mass is 391 g/mol. The maximum absolute atomic E-state index is 12.4. The summed E-state index contributed by atoms with van der Waals surface area (Å²) >= 11 is 0. The molecule has 8 heteroatoms. The molecule has 0 bridgehead atoms. The Kier molecular flexibility index (Phi) is 5.16. The van der Waals surface area contributed by atoms with Gasteiger partial charge < -0.3 is 15.5 Å². The van der Waals surface area contributed by atoms with E-state index in [1.54, 1.807) is 17.1 Å². The quantitative estimate of drug-likeness (QED) is 0.714. The van der Waals surface area contributed by atoms with E-state index in [2.05, 4.69) is 30.6 Å². The smallest absolute Gasteiger partial charge is 0.319 e. The molecule has 0 radical (unpaired) electrons. The van der Waals surface area contributed by atoms with Gasteiger partial charge in [-0.1, -0.05) is 12.1 Å². The molecule has 29 heavy (non-hydrogen) atoms. The lowest BCUT2D eigenvalue weighted by Crippen LogP contribution is -2.40. The van der Waals surface area contributed by atoms with Crippen LogP contribution in [0.1, 0.15) is 17.5 Å². The van der Waals surface area contributed by atoms with Crippen molar-refractivity contribution in [1.82, 2.24) is 25.1 Å². The lowest BCUT2D eigenvalue weighted by Gasteiger charge is -2.18. The predicted molar refractivity (Wildman–Crippen MR) is 113 cm³/mol. The number of anilines is 2. The fourth-order valence-corrected chi connectivity index (χ4v) is 3.51. The van der Waals surface area contributed by atoms with Gasteiger partial charge in [-0.2, -0.15) is 5.10 Å². The molecule has 1 aliphatic heterocycles.